The molecular formula is C19H24N4O4. The zero-order chi connectivity index (χ0) is 19.2. The van der Waals surface area contributed by atoms with E-state index in [1.165, 1.54) is 10.7 Å². The molecule has 0 aliphatic carbocycles. The standard InChI is InChI=1S/C19H24N4O4/c1-13-9-19(25)23(22-14(13)2)10-18(24)21-16-12-26-8-6-17(16)27-11-15-5-3-4-7-20-15/h3-5,7,9,16-17H,6,8,10-12H2,1-2H3,(H,21,24)/t16-,17+/m1/s1. The first kappa shape index (κ1) is 19.2. The number of nitrogens with one attached hydrogen (secondary N) is 1. The van der Waals surface area contributed by atoms with Crippen LogP contribution in [0.25, 0.3) is 0 Å². The smallest absolute Gasteiger partial charge is 0.267 e. The number of aryl methyl sites for hydroxylation is 2. The molecule has 3 heterocycles. The lowest BCUT2D eigenvalue weighted by Crippen LogP contribution is -2.51. The average Bonchev–Trinajstić information content (AvgIpc) is 2.66. The van der Waals surface area contributed by atoms with E-state index in [2.05, 4.69) is 15.4 Å². The van der Waals surface area contributed by atoms with E-state index in [1.807, 2.05) is 25.1 Å². The van der Waals surface area contributed by atoms with Crippen molar-refractivity contribution in [3.63, 3.8) is 0 Å². The van der Waals surface area contributed by atoms with Crippen LogP contribution in [0.15, 0.2) is 35.3 Å². The summed E-state index contributed by atoms with van der Waals surface area (Å²) in [5, 5.41) is 7.08. The van der Waals surface area contributed by atoms with Gasteiger partial charge in [0.25, 0.3) is 5.56 Å². The van der Waals surface area contributed by atoms with E-state index >= 15 is 0 Å². The molecule has 8 heteroatoms. The van der Waals surface area contributed by atoms with E-state index in [4.69, 9.17) is 9.47 Å². The summed E-state index contributed by atoms with van der Waals surface area (Å²) < 4.78 is 12.6. The second-order valence-electron chi connectivity index (χ2n) is 6.62. The van der Waals surface area contributed by atoms with Crippen LogP contribution >= 0.6 is 0 Å². The molecule has 144 valence electrons. The zero-order valence-corrected chi connectivity index (χ0v) is 15.6. The Labute approximate surface area is 157 Å². The molecule has 0 saturated carbocycles. The first-order valence-corrected chi connectivity index (χ1v) is 8.97. The molecule has 1 amide bonds. The Kier molecular flexibility index (Phi) is 6.31. The number of carbonyl (C=O) groups excluding carboxylic acids is 1. The van der Waals surface area contributed by atoms with Crippen LogP contribution in [0.5, 0.6) is 0 Å². The molecule has 0 unspecified atom stereocenters. The summed E-state index contributed by atoms with van der Waals surface area (Å²) in [6.45, 7) is 4.81. The molecule has 8 nitrogen and oxygen atoms in total. The molecule has 1 aliphatic heterocycles. The van der Waals surface area contributed by atoms with Gasteiger partial charge in [-0.05, 0) is 38.0 Å². The Morgan fingerprint density at radius 1 is 1.41 bits per heavy atom. The predicted molar refractivity (Wildman–Crippen MR) is 98.2 cm³/mol. The van der Waals surface area contributed by atoms with Gasteiger partial charge in [-0.3, -0.25) is 14.6 Å². The maximum atomic E-state index is 12.4. The van der Waals surface area contributed by atoms with Crippen molar-refractivity contribution in [1.29, 1.82) is 0 Å². The minimum absolute atomic E-state index is 0.136. The van der Waals surface area contributed by atoms with Gasteiger partial charge in [-0.2, -0.15) is 5.10 Å². The fourth-order valence-electron chi connectivity index (χ4n) is 2.90. The number of pyridine rings is 1. The van der Waals surface area contributed by atoms with E-state index in [-0.39, 0.29) is 30.2 Å². The maximum absolute atomic E-state index is 12.4. The van der Waals surface area contributed by atoms with Crippen molar-refractivity contribution in [2.45, 2.75) is 45.6 Å². The number of amides is 1. The van der Waals surface area contributed by atoms with Gasteiger partial charge >= 0.3 is 0 Å². The van der Waals surface area contributed by atoms with E-state index in [1.54, 1.807) is 13.1 Å². The van der Waals surface area contributed by atoms with Crippen LogP contribution in [-0.4, -0.2) is 46.0 Å². The van der Waals surface area contributed by atoms with Crippen LogP contribution < -0.4 is 10.9 Å². The van der Waals surface area contributed by atoms with Crippen LogP contribution in [-0.2, 0) is 27.4 Å². The highest BCUT2D eigenvalue weighted by Crippen LogP contribution is 2.14. The van der Waals surface area contributed by atoms with Gasteiger partial charge in [0, 0.05) is 18.9 Å². The number of ether oxygens (including phenoxy) is 2. The van der Waals surface area contributed by atoms with Crippen molar-refractivity contribution in [3.8, 4) is 0 Å². The molecule has 1 saturated heterocycles. The summed E-state index contributed by atoms with van der Waals surface area (Å²) in [6, 6.07) is 6.85. The molecule has 0 radical (unpaired) electrons. The number of nitrogens with zero attached hydrogens (tertiary/aromatic N) is 3. The lowest BCUT2D eigenvalue weighted by molar-refractivity contribution is -0.127. The Morgan fingerprint density at radius 2 is 2.26 bits per heavy atom. The minimum atomic E-state index is -0.296. The van der Waals surface area contributed by atoms with Gasteiger partial charge in [-0.25, -0.2) is 4.68 Å². The molecule has 1 fully saturated rings. The molecule has 3 rings (SSSR count). The lowest BCUT2D eigenvalue weighted by atomic mass is 10.1. The van der Waals surface area contributed by atoms with Crippen molar-refractivity contribution in [3.05, 3.63) is 57.8 Å². The molecule has 2 atom stereocenters. The Bertz CT molecular complexity index is 837. The Hall–Kier alpha value is -2.58. The van der Waals surface area contributed by atoms with E-state index < -0.39 is 0 Å². The predicted octanol–water partition coefficient (Wildman–Crippen LogP) is 0.746. The van der Waals surface area contributed by atoms with Gasteiger partial charge in [-0.1, -0.05) is 6.07 Å². The van der Waals surface area contributed by atoms with E-state index in [0.717, 1.165) is 17.0 Å². The van der Waals surface area contributed by atoms with Gasteiger partial charge in [0.15, 0.2) is 0 Å². The van der Waals surface area contributed by atoms with Gasteiger partial charge in [0.2, 0.25) is 5.91 Å². The van der Waals surface area contributed by atoms with Crippen molar-refractivity contribution in [1.82, 2.24) is 20.1 Å². The molecule has 2 aromatic rings. The number of aromatic nitrogens is 3. The fraction of sp³-hybridized carbons (Fsp3) is 0.474. The zero-order valence-electron chi connectivity index (χ0n) is 15.6. The maximum Gasteiger partial charge on any atom is 0.267 e. The van der Waals surface area contributed by atoms with Crippen molar-refractivity contribution < 1.29 is 14.3 Å². The number of rotatable bonds is 6. The third kappa shape index (κ3) is 5.21. The summed E-state index contributed by atoms with van der Waals surface area (Å²) in [7, 11) is 0. The van der Waals surface area contributed by atoms with Crippen LogP contribution in [0, 0.1) is 13.8 Å². The third-order valence-corrected chi connectivity index (χ3v) is 4.54. The molecule has 0 spiro atoms. The highest BCUT2D eigenvalue weighted by Gasteiger charge is 2.28. The third-order valence-electron chi connectivity index (χ3n) is 4.54. The first-order valence-electron chi connectivity index (χ1n) is 8.97. The van der Waals surface area contributed by atoms with Crippen LogP contribution in [0.2, 0.25) is 0 Å². The molecular weight excluding hydrogens is 348 g/mol. The monoisotopic (exact) mass is 372 g/mol. The van der Waals surface area contributed by atoms with Gasteiger partial charge in [-0.15, -0.1) is 0 Å². The Balaban J connectivity index is 1.59. The summed E-state index contributed by atoms with van der Waals surface area (Å²) in [4.78, 5) is 28.7. The first-order chi connectivity index (χ1) is 13.0. The van der Waals surface area contributed by atoms with E-state index in [9.17, 15) is 9.59 Å². The number of hydrogen-bond acceptors (Lipinski definition) is 6. The largest absolute Gasteiger partial charge is 0.379 e. The fourth-order valence-corrected chi connectivity index (χ4v) is 2.90. The lowest BCUT2D eigenvalue weighted by Gasteiger charge is -2.32. The average molecular weight is 372 g/mol. The molecule has 0 aromatic carbocycles. The molecule has 1 aliphatic rings. The van der Waals surface area contributed by atoms with Crippen LogP contribution in [0.1, 0.15) is 23.4 Å². The molecule has 27 heavy (non-hydrogen) atoms. The summed E-state index contributed by atoms with van der Waals surface area (Å²) in [6.07, 6.45) is 2.23. The van der Waals surface area contributed by atoms with Crippen molar-refractivity contribution >= 4 is 5.91 Å². The van der Waals surface area contributed by atoms with Crippen molar-refractivity contribution in [2.24, 2.45) is 0 Å². The van der Waals surface area contributed by atoms with E-state index in [0.29, 0.717) is 26.2 Å². The highest BCUT2D eigenvalue weighted by molar-refractivity contribution is 5.76. The van der Waals surface area contributed by atoms with Gasteiger partial charge < -0.3 is 14.8 Å². The van der Waals surface area contributed by atoms with Gasteiger partial charge in [0.05, 0.1) is 36.7 Å². The Morgan fingerprint density at radius 3 is 3.04 bits per heavy atom. The highest BCUT2D eigenvalue weighted by atomic mass is 16.5. The summed E-state index contributed by atoms with van der Waals surface area (Å²) in [5.41, 5.74) is 2.07. The number of hydrogen-bond donors (Lipinski definition) is 1. The number of carbonyl (C=O) groups is 1. The molecule has 0 bridgehead atoms. The normalized spacial score (nSPS) is 19.6. The molecule has 1 N–H and O–H groups in total. The summed E-state index contributed by atoms with van der Waals surface area (Å²) >= 11 is 0. The SMILES string of the molecule is Cc1cc(=O)n(CC(=O)N[C@@H]2COCC[C@@H]2OCc2ccccn2)nc1C. The minimum Gasteiger partial charge on any atom is -0.379 e. The quantitative estimate of drug-likeness (QED) is 0.804. The topological polar surface area (TPSA) is 95.3 Å². The second-order valence-corrected chi connectivity index (χ2v) is 6.62. The van der Waals surface area contributed by atoms with Gasteiger partial charge in [0.1, 0.15) is 6.54 Å². The van der Waals surface area contributed by atoms with Crippen molar-refractivity contribution in [2.75, 3.05) is 13.2 Å². The van der Waals surface area contributed by atoms with Crippen LogP contribution in [0.3, 0.4) is 0 Å². The van der Waals surface area contributed by atoms with Crippen LogP contribution in [0.4, 0.5) is 0 Å². The molecule has 2 aromatic heterocycles. The second kappa shape index (κ2) is 8.88. The summed E-state index contributed by atoms with van der Waals surface area (Å²) in [5.74, 6) is -0.296.